The number of thiophene rings is 1. The topological polar surface area (TPSA) is 99.7 Å². The van der Waals surface area contributed by atoms with Gasteiger partial charge in [-0.1, -0.05) is 12.1 Å². The van der Waals surface area contributed by atoms with Crippen LogP contribution in [0.5, 0.6) is 0 Å². The minimum Gasteiger partial charge on any atom is -0.444 e. The summed E-state index contributed by atoms with van der Waals surface area (Å²) in [5, 5.41) is 7.59. The maximum atomic E-state index is 13.0. The summed E-state index contributed by atoms with van der Waals surface area (Å²) >= 11 is 1.59. The standard InChI is InChI=1S/C25H30N6O3S/c1-25(2,3)34-24(33)29-18-8-7-17(21-6-5-13-35-21)14-19(18)28-23(32)20-15-27-22(16-26-20)31-11-9-30(4)10-12-31/h5-8,13-16H,9-12H2,1-4H3,(H,28,32)(H,29,33). The van der Waals surface area contributed by atoms with Gasteiger partial charge < -0.3 is 19.9 Å². The van der Waals surface area contributed by atoms with Gasteiger partial charge in [-0.15, -0.1) is 11.3 Å². The molecule has 9 nitrogen and oxygen atoms in total. The molecule has 3 aromatic rings. The van der Waals surface area contributed by atoms with E-state index in [0.717, 1.165) is 42.4 Å². The molecule has 0 bridgehead atoms. The van der Waals surface area contributed by atoms with E-state index in [1.807, 2.05) is 29.6 Å². The largest absolute Gasteiger partial charge is 0.444 e. The van der Waals surface area contributed by atoms with Crippen LogP contribution in [0.4, 0.5) is 22.0 Å². The molecule has 2 N–H and O–H groups in total. The lowest BCUT2D eigenvalue weighted by molar-refractivity contribution is 0.0635. The van der Waals surface area contributed by atoms with Crippen molar-refractivity contribution in [2.24, 2.45) is 0 Å². The molecule has 0 aliphatic carbocycles. The number of benzene rings is 1. The van der Waals surface area contributed by atoms with Crippen LogP contribution in [0.15, 0.2) is 48.1 Å². The van der Waals surface area contributed by atoms with Crippen LogP contribution in [0, 0.1) is 0 Å². The van der Waals surface area contributed by atoms with E-state index in [2.05, 4.69) is 37.4 Å². The maximum absolute atomic E-state index is 13.0. The number of hydrogen-bond donors (Lipinski definition) is 2. The van der Waals surface area contributed by atoms with Crippen molar-refractivity contribution >= 4 is 40.5 Å². The number of ether oxygens (including phenoxy) is 1. The van der Waals surface area contributed by atoms with Crippen molar-refractivity contribution in [3.63, 3.8) is 0 Å². The van der Waals surface area contributed by atoms with Crippen molar-refractivity contribution in [1.82, 2.24) is 14.9 Å². The number of piperazine rings is 1. The molecule has 1 saturated heterocycles. The van der Waals surface area contributed by atoms with Crippen molar-refractivity contribution in [2.75, 3.05) is 48.8 Å². The summed E-state index contributed by atoms with van der Waals surface area (Å²) in [5.41, 5.74) is 1.33. The van der Waals surface area contributed by atoms with E-state index in [9.17, 15) is 9.59 Å². The Balaban J connectivity index is 1.53. The van der Waals surface area contributed by atoms with Crippen molar-refractivity contribution in [3.05, 3.63) is 53.8 Å². The third-order valence-corrected chi connectivity index (χ3v) is 6.33. The Morgan fingerprint density at radius 1 is 1.00 bits per heavy atom. The van der Waals surface area contributed by atoms with E-state index in [0.29, 0.717) is 11.4 Å². The second kappa shape index (κ2) is 10.4. The van der Waals surface area contributed by atoms with Gasteiger partial charge in [-0.25, -0.2) is 14.8 Å². The Kier molecular flexibility index (Phi) is 7.32. The SMILES string of the molecule is CN1CCN(c2cnc(C(=O)Nc3cc(-c4cccs4)ccc3NC(=O)OC(C)(C)C)cn2)CC1. The summed E-state index contributed by atoms with van der Waals surface area (Å²) in [7, 11) is 2.09. The van der Waals surface area contributed by atoms with Crippen molar-refractivity contribution < 1.29 is 14.3 Å². The Morgan fingerprint density at radius 2 is 1.77 bits per heavy atom. The third-order valence-electron chi connectivity index (χ3n) is 5.41. The summed E-state index contributed by atoms with van der Waals surface area (Å²) in [5.74, 6) is 0.333. The number of likely N-dealkylation sites (N-methyl/N-ethyl adjacent to an activating group) is 1. The van der Waals surface area contributed by atoms with Crippen molar-refractivity contribution in [3.8, 4) is 10.4 Å². The number of carbonyl (C=O) groups is 2. The number of aromatic nitrogens is 2. The van der Waals surface area contributed by atoms with Gasteiger partial charge in [0.15, 0.2) is 0 Å². The molecule has 1 aliphatic rings. The highest BCUT2D eigenvalue weighted by molar-refractivity contribution is 7.13. The molecule has 184 valence electrons. The minimum atomic E-state index is -0.647. The normalized spacial score (nSPS) is 14.5. The van der Waals surface area contributed by atoms with Crippen LogP contribution >= 0.6 is 11.3 Å². The van der Waals surface area contributed by atoms with Crippen LogP contribution in [-0.4, -0.2) is 65.7 Å². The van der Waals surface area contributed by atoms with Crippen LogP contribution in [-0.2, 0) is 4.74 Å². The third kappa shape index (κ3) is 6.55. The molecule has 4 rings (SSSR count). The molecule has 2 aromatic heterocycles. The zero-order valence-corrected chi connectivity index (χ0v) is 21.2. The Labute approximate surface area is 209 Å². The number of rotatable bonds is 5. The van der Waals surface area contributed by atoms with E-state index in [4.69, 9.17) is 4.74 Å². The van der Waals surface area contributed by atoms with Crippen LogP contribution in [0.25, 0.3) is 10.4 Å². The molecule has 0 saturated carbocycles. The molecule has 0 atom stereocenters. The Bertz CT molecular complexity index is 1170. The zero-order valence-electron chi connectivity index (χ0n) is 20.4. The molecular formula is C25H30N6O3S. The molecule has 0 unspecified atom stereocenters. The predicted octanol–water partition coefficient (Wildman–Crippen LogP) is 4.56. The molecule has 1 aliphatic heterocycles. The van der Waals surface area contributed by atoms with Crippen molar-refractivity contribution in [1.29, 1.82) is 0 Å². The van der Waals surface area contributed by atoms with Gasteiger partial charge in [0.1, 0.15) is 17.1 Å². The average molecular weight is 495 g/mol. The number of nitrogens with zero attached hydrogens (tertiary/aromatic N) is 4. The van der Waals surface area contributed by atoms with Gasteiger partial charge in [0.05, 0.1) is 23.8 Å². The molecule has 35 heavy (non-hydrogen) atoms. The lowest BCUT2D eigenvalue weighted by atomic mass is 10.1. The van der Waals surface area contributed by atoms with Gasteiger partial charge >= 0.3 is 6.09 Å². The quantitative estimate of drug-likeness (QED) is 0.536. The number of hydrogen-bond acceptors (Lipinski definition) is 8. The molecule has 0 spiro atoms. The molecule has 0 radical (unpaired) electrons. The fourth-order valence-electron chi connectivity index (χ4n) is 3.59. The summed E-state index contributed by atoms with van der Waals surface area (Å²) in [4.78, 5) is 39.7. The smallest absolute Gasteiger partial charge is 0.412 e. The van der Waals surface area contributed by atoms with Gasteiger partial charge in [-0.3, -0.25) is 10.1 Å². The van der Waals surface area contributed by atoms with E-state index >= 15 is 0 Å². The van der Waals surface area contributed by atoms with Gasteiger partial charge in [0.2, 0.25) is 0 Å². The number of anilines is 3. The highest BCUT2D eigenvalue weighted by atomic mass is 32.1. The van der Waals surface area contributed by atoms with Crippen LogP contribution in [0.3, 0.4) is 0 Å². The lowest BCUT2D eigenvalue weighted by Crippen LogP contribution is -2.44. The van der Waals surface area contributed by atoms with Crippen LogP contribution in [0.1, 0.15) is 31.3 Å². The highest BCUT2D eigenvalue weighted by Gasteiger charge is 2.20. The van der Waals surface area contributed by atoms with E-state index < -0.39 is 17.6 Å². The number of carbonyl (C=O) groups excluding carboxylic acids is 2. The van der Waals surface area contributed by atoms with E-state index in [1.165, 1.54) is 6.20 Å². The summed E-state index contributed by atoms with van der Waals surface area (Å²) in [6.45, 7) is 9.02. The summed E-state index contributed by atoms with van der Waals surface area (Å²) in [6.07, 6.45) is 2.50. The van der Waals surface area contributed by atoms with Gasteiger partial charge in [0, 0.05) is 31.1 Å². The molecular weight excluding hydrogens is 464 g/mol. The molecule has 10 heteroatoms. The van der Waals surface area contributed by atoms with Gasteiger partial charge in [0.25, 0.3) is 5.91 Å². The van der Waals surface area contributed by atoms with Gasteiger partial charge in [-0.2, -0.15) is 0 Å². The molecule has 3 heterocycles. The second-order valence-corrected chi connectivity index (χ2v) is 10.3. The first-order valence-electron chi connectivity index (χ1n) is 11.4. The minimum absolute atomic E-state index is 0.188. The first-order valence-corrected chi connectivity index (χ1v) is 12.3. The summed E-state index contributed by atoms with van der Waals surface area (Å²) < 4.78 is 5.38. The highest BCUT2D eigenvalue weighted by Crippen LogP contribution is 2.32. The number of amides is 2. The maximum Gasteiger partial charge on any atom is 0.412 e. The molecule has 1 fully saturated rings. The van der Waals surface area contributed by atoms with Crippen LogP contribution < -0.4 is 15.5 Å². The molecule has 1 aromatic carbocycles. The second-order valence-electron chi connectivity index (χ2n) is 9.37. The first kappa shape index (κ1) is 24.6. The fourth-order valence-corrected chi connectivity index (χ4v) is 4.31. The average Bonchev–Trinajstić information content (AvgIpc) is 3.35. The molecule has 2 amide bonds. The summed E-state index contributed by atoms with van der Waals surface area (Å²) in [6, 6.07) is 9.41. The lowest BCUT2D eigenvalue weighted by Gasteiger charge is -2.32. The monoisotopic (exact) mass is 494 g/mol. The predicted molar refractivity (Wildman–Crippen MR) is 139 cm³/mol. The van der Waals surface area contributed by atoms with Crippen molar-refractivity contribution in [2.45, 2.75) is 26.4 Å². The number of nitrogens with one attached hydrogen (secondary N) is 2. The van der Waals surface area contributed by atoms with Gasteiger partial charge in [-0.05, 0) is 57.0 Å². The Morgan fingerprint density at radius 3 is 2.40 bits per heavy atom. The Hall–Kier alpha value is -3.50. The van der Waals surface area contributed by atoms with Crippen LogP contribution in [0.2, 0.25) is 0 Å². The fraction of sp³-hybridized carbons (Fsp3) is 0.360. The zero-order chi connectivity index (χ0) is 25.0. The first-order chi connectivity index (χ1) is 16.7. The van der Waals surface area contributed by atoms with E-state index in [1.54, 1.807) is 44.4 Å². The van der Waals surface area contributed by atoms with E-state index in [-0.39, 0.29) is 5.69 Å².